The lowest BCUT2D eigenvalue weighted by molar-refractivity contribution is 0.104. The molecule has 1 aromatic rings. The van der Waals surface area contributed by atoms with Crippen LogP contribution in [0.4, 0.5) is 0 Å². The summed E-state index contributed by atoms with van der Waals surface area (Å²) in [6.45, 7) is 6.20. The Morgan fingerprint density at radius 3 is 2.35 bits per heavy atom. The Labute approximate surface area is 104 Å². The fourth-order valence-electron chi connectivity index (χ4n) is 1.57. The van der Waals surface area contributed by atoms with Crippen LogP contribution in [-0.4, -0.2) is 5.78 Å². The number of benzene rings is 1. The van der Waals surface area contributed by atoms with Gasteiger partial charge in [0, 0.05) is 5.56 Å². The van der Waals surface area contributed by atoms with Crippen LogP contribution in [0.2, 0.25) is 0 Å². The third kappa shape index (κ3) is 5.30. The average molecular weight is 228 g/mol. The monoisotopic (exact) mass is 228 g/mol. The van der Waals surface area contributed by atoms with Gasteiger partial charge in [-0.15, -0.1) is 0 Å². The van der Waals surface area contributed by atoms with Crippen molar-refractivity contribution < 1.29 is 4.79 Å². The van der Waals surface area contributed by atoms with Crippen molar-refractivity contribution in [3.63, 3.8) is 0 Å². The van der Waals surface area contributed by atoms with Crippen molar-refractivity contribution in [3.05, 3.63) is 59.2 Å². The molecule has 0 spiro atoms. The van der Waals surface area contributed by atoms with Gasteiger partial charge in [0.2, 0.25) is 0 Å². The zero-order valence-electron chi connectivity index (χ0n) is 10.9. The van der Waals surface area contributed by atoms with Crippen LogP contribution in [0.15, 0.2) is 53.6 Å². The molecule has 0 aliphatic carbocycles. The van der Waals surface area contributed by atoms with Crippen LogP contribution in [0, 0.1) is 0 Å². The maximum absolute atomic E-state index is 11.9. The molecule has 0 saturated heterocycles. The van der Waals surface area contributed by atoms with E-state index in [1.54, 1.807) is 6.08 Å². The maximum Gasteiger partial charge on any atom is 0.185 e. The Bertz CT molecular complexity index is 420. The van der Waals surface area contributed by atoms with Gasteiger partial charge >= 0.3 is 0 Å². The lowest BCUT2D eigenvalue weighted by Gasteiger charge is -1.99. The van der Waals surface area contributed by atoms with Crippen molar-refractivity contribution in [1.29, 1.82) is 0 Å². The fraction of sp³-hybridized carbons (Fsp3) is 0.312. The summed E-state index contributed by atoms with van der Waals surface area (Å²) < 4.78 is 0. The molecule has 0 aliphatic heterocycles. The molecule has 0 aliphatic rings. The minimum absolute atomic E-state index is 0.0975. The number of carbonyl (C=O) groups excluding carboxylic acids is 1. The summed E-state index contributed by atoms with van der Waals surface area (Å²) in [5, 5.41) is 0. The standard InChI is InChI=1S/C16H20O/c1-13(2)8-7-9-14(3)12-16(17)15-10-5-4-6-11-15/h4-6,8,10-12H,7,9H2,1-3H3/b14-12-. The third-order valence-corrected chi connectivity index (χ3v) is 2.53. The SMILES string of the molecule is CC(C)=CCC/C(C)=C\C(=O)c1ccccc1. The van der Waals surface area contributed by atoms with E-state index in [4.69, 9.17) is 0 Å². The summed E-state index contributed by atoms with van der Waals surface area (Å²) in [5.74, 6) is 0.0975. The Morgan fingerprint density at radius 1 is 1.12 bits per heavy atom. The molecule has 0 bridgehead atoms. The molecular weight excluding hydrogens is 208 g/mol. The van der Waals surface area contributed by atoms with Gasteiger partial charge in [-0.3, -0.25) is 4.79 Å². The van der Waals surface area contributed by atoms with Gasteiger partial charge in [-0.25, -0.2) is 0 Å². The first-order valence-electron chi connectivity index (χ1n) is 5.99. The van der Waals surface area contributed by atoms with Crippen LogP contribution < -0.4 is 0 Å². The second kappa shape index (κ2) is 6.85. The molecule has 1 aromatic carbocycles. The van der Waals surface area contributed by atoms with E-state index in [9.17, 15) is 4.79 Å². The Kier molecular flexibility index (Phi) is 5.41. The highest BCUT2D eigenvalue weighted by Gasteiger charge is 2.01. The van der Waals surface area contributed by atoms with E-state index in [0.29, 0.717) is 0 Å². The highest BCUT2D eigenvalue weighted by Crippen LogP contribution is 2.09. The van der Waals surface area contributed by atoms with Crippen LogP contribution in [0.25, 0.3) is 0 Å². The summed E-state index contributed by atoms with van der Waals surface area (Å²) in [5.41, 5.74) is 3.22. The molecule has 0 fully saturated rings. The normalized spacial score (nSPS) is 11.1. The van der Waals surface area contributed by atoms with Crippen LogP contribution in [0.5, 0.6) is 0 Å². The van der Waals surface area contributed by atoms with E-state index < -0.39 is 0 Å². The van der Waals surface area contributed by atoms with Gasteiger partial charge in [0.05, 0.1) is 0 Å². The van der Waals surface area contributed by atoms with Gasteiger partial charge < -0.3 is 0 Å². The molecule has 1 nitrogen and oxygen atoms in total. The minimum Gasteiger partial charge on any atom is -0.289 e. The molecule has 0 aromatic heterocycles. The molecule has 90 valence electrons. The number of allylic oxidation sites excluding steroid dienone is 4. The third-order valence-electron chi connectivity index (χ3n) is 2.53. The summed E-state index contributed by atoms with van der Waals surface area (Å²) in [4.78, 5) is 11.9. The van der Waals surface area contributed by atoms with Crippen molar-refractivity contribution >= 4 is 5.78 Å². The van der Waals surface area contributed by atoms with Gasteiger partial charge in [0.15, 0.2) is 5.78 Å². The van der Waals surface area contributed by atoms with Crippen molar-refractivity contribution in [1.82, 2.24) is 0 Å². The number of ketones is 1. The van der Waals surface area contributed by atoms with Crippen LogP contribution in [0.3, 0.4) is 0 Å². The Morgan fingerprint density at radius 2 is 1.76 bits per heavy atom. The summed E-state index contributed by atoms with van der Waals surface area (Å²) in [7, 11) is 0. The number of carbonyl (C=O) groups is 1. The Hall–Kier alpha value is -1.63. The minimum atomic E-state index is 0.0975. The van der Waals surface area contributed by atoms with Crippen molar-refractivity contribution in [3.8, 4) is 0 Å². The average Bonchev–Trinajstić information content (AvgIpc) is 2.29. The molecule has 0 radical (unpaired) electrons. The highest BCUT2D eigenvalue weighted by molar-refractivity contribution is 6.04. The van der Waals surface area contributed by atoms with Gasteiger partial charge in [-0.05, 0) is 39.7 Å². The number of hydrogen-bond acceptors (Lipinski definition) is 1. The molecule has 1 heteroatoms. The smallest absolute Gasteiger partial charge is 0.185 e. The molecule has 0 N–H and O–H groups in total. The lowest BCUT2D eigenvalue weighted by Crippen LogP contribution is -1.95. The van der Waals surface area contributed by atoms with Gasteiger partial charge in [0.25, 0.3) is 0 Å². The van der Waals surface area contributed by atoms with Crippen molar-refractivity contribution in [2.24, 2.45) is 0 Å². The lowest BCUT2D eigenvalue weighted by atomic mass is 10.1. The first kappa shape index (κ1) is 13.4. The highest BCUT2D eigenvalue weighted by atomic mass is 16.1. The number of hydrogen-bond donors (Lipinski definition) is 0. The van der Waals surface area contributed by atoms with Crippen LogP contribution in [-0.2, 0) is 0 Å². The molecule has 0 atom stereocenters. The summed E-state index contributed by atoms with van der Waals surface area (Å²) >= 11 is 0. The largest absolute Gasteiger partial charge is 0.289 e. The molecule has 0 amide bonds. The van der Waals surface area contributed by atoms with Crippen LogP contribution in [0.1, 0.15) is 44.0 Å². The maximum atomic E-state index is 11.9. The van der Waals surface area contributed by atoms with Gasteiger partial charge in [0.1, 0.15) is 0 Å². The zero-order valence-corrected chi connectivity index (χ0v) is 10.9. The summed E-state index contributed by atoms with van der Waals surface area (Å²) in [6.07, 6.45) is 5.90. The molecule has 1 rings (SSSR count). The van der Waals surface area contributed by atoms with Crippen LogP contribution >= 0.6 is 0 Å². The predicted molar refractivity (Wildman–Crippen MR) is 73.2 cm³/mol. The topological polar surface area (TPSA) is 17.1 Å². The molecule has 0 saturated carbocycles. The van der Waals surface area contributed by atoms with E-state index in [1.165, 1.54) is 5.57 Å². The van der Waals surface area contributed by atoms with Crippen molar-refractivity contribution in [2.75, 3.05) is 0 Å². The van der Waals surface area contributed by atoms with Gasteiger partial charge in [-0.1, -0.05) is 47.6 Å². The second-order valence-corrected chi connectivity index (χ2v) is 4.54. The molecular formula is C16H20O. The van der Waals surface area contributed by atoms with E-state index >= 15 is 0 Å². The van der Waals surface area contributed by atoms with Gasteiger partial charge in [-0.2, -0.15) is 0 Å². The van der Waals surface area contributed by atoms with E-state index in [2.05, 4.69) is 19.9 Å². The molecule has 0 unspecified atom stereocenters. The van der Waals surface area contributed by atoms with E-state index in [-0.39, 0.29) is 5.78 Å². The first-order valence-corrected chi connectivity index (χ1v) is 5.99. The van der Waals surface area contributed by atoms with E-state index in [1.807, 2.05) is 37.3 Å². The summed E-state index contributed by atoms with van der Waals surface area (Å²) in [6, 6.07) is 9.39. The first-order chi connectivity index (χ1) is 8.09. The quantitative estimate of drug-likeness (QED) is 0.410. The molecule has 0 heterocycles. The predicted octanol–water partition coefficient (Wildman–Crippen LogP) is 4.56. The van der Waals surface area contributed by atoms with Crippen molar-refractivity contribution in [2.45, 2.75) is 33.6 Å². The Balaban J connectivity index is 2.57. The second-order valence-electron chi connectivity index (χ2n) is 4.54. The zero-order chi connectivity index (χ0) is 12.7. The fourth-order valence-corrected chi connectivity index (χ4v) is 1.57. The number of rotatable bonds is 5. The molecule has 17 heavy (non-hydrogen) atoms. The van der Waals surface area contributed by atoms with E-state index in [0.717, 1.165) is 24.0 Å².